The van der Waals surface area contributed by atoms with E-state index in [0.29, 0.717) is 65.2 Å². The van der Waals surface area contributed by atoms with Gasteiger partial charge in [-0.15, -0.1) is 17.5 Å². The summed E-state index contributed by atoms with van der Waals surface area (Å²) in [5, 5.41) is 7.54. The molecule has 6 heterocycles. The van der Waals surface area contributed by atoms with Gasteiger partial charge in [0.1, 0.15) is 22.4 Å². The number of halogens is 2. The van der Waals surface area contributed by atoms with Crippen molar-refractivity contribution in [3.8, 4) is 17.3 Å². The van der Waals surface area contributed by atoms with Gasteiger partial charge in [-0.2, -0.15) is 9.50 Å². The summed E-state index contributed by atoms with van der Waals surface area (Å²) in [6.45, 7) is 5.56. The van der Waals surface area contributed by atoms with Crippen LogP contribution >= 0.6 is 23.7 Å². The molecule has 1 aromatic carbocycles. The second-order valence-corrected chi connectivity index (χ2v) is 10.6. The third-order valence-corrected chi connectivity index (χ3v) is 8.14. The molecule has 40 heavy (non-hydrogen) atoms. The maximum atomic E-state index is 14.8. The van der Waals surface area contributed by atoms with Crippen LogP contribution in [0.25, 0.3) is 27.6 Å². The Morgan fingerprint density at radius 3 is 2.65 bits per heavy atom. The predicted octanol–water partition coefficient (Wildman–Crippen LogP) is 2.08. The van der Waals surface area contributed by atoms with Crippen molar-refractivity contribution >= 4 is 51.4 Å². The number of thiazole rings is 1. The van der Waals surface area contributed by atoms with Gasteiger partial charge in [0.25, 0.3) is 0 Å². The molecule has 0 amide bonds. The summed E-state index contributed by atoms with van der Waals surface area (Å²) in [6.07, 6.45) is 1.66. The first kappa shape index (κ1) is 26.5. The summed E-state index contributed by atoms with van der Waals surface area (Å²) in [5.74, 6) is 1.31. The average molecular weight is 588 g/mol. The molecule has 0 saturated carbocycles. The fourth-order valence-electron chi connectivity index (χ4n) is 4.95. The van der Waals surface area contributed by atoms with Gasteiger partial charge in [-0.3, -0.25) is 14.3 Å². The highest BCUT2D eigenvalue weighted by atomic mass is 35.5. The largest absolute Gasteiger partial charge is 0.488 e. The number of aromatic nitrogens is 5. The zero-order valence-corrected chi connectivity index (χ0v) is 23.0. The first-order chi connectivity index (χ1) is 19.0. The summed E-state index contributed by atoms with van der Waals surface area (Å²) in [5.41, 5.74) is 7.73. The maximum absolute atomic E-state index is 14.8. The normalized spacial score (nSPS) is 16.4. The molecule has 0 radical (unpaired) electrons. The van der Waals surface area contributed by atoms with Crippen LogP contribution in [-0.4, -0.2) is 81.0 Å². The van der Waals surface area contributed by atoms with Crippen LogP contribution in [0.15, 0.2) is 45.8 Å². The van der Waals surface area contributed by atoms with Crippen LogP contribution in [0.1, 0.15) is 0 Å². The molecule has 2 aliphatic rings. The van der Waals surface area contributed by atoms with E-state index in [0.717, 1.165) is 37.5 Å². The Kier molecular flexibility index (Phi) is 7.08. The number of ether oxygens (including phenoxy) is 1. The van der Waals surface area contributed by atoms with E-state index in [9.17, 15) is 9.18 Å². The third-order valence-electron chi connectivity index (χ3n) is 7.18. The lowest BCUT2D eigenvalue weighted by molar-refractivity contribution is 0.142. The Bertz CT molecular complexity index is 1710. The molecule has 3 N–H and O–H groups in total. The van der Waals surface area contributed by atoms with Crippen LogP contribution in [0.2, 0.25) is 0 Å². The van der Waals surface area contributed by atoms with Gasteiger partial charge in [0.05, 0.1) is 12.0 Å². The van der Waals surface area contributed by atoms with E-state index >= 15 is 0 Å². The highest BCUT2D eigenvalue weighted by Gasteiger charge is 2.23. The van der Waals surface area contributed by atoms with Crippen LogP contribution in [0.3, 0.4) is 0 Å². The number of nitrogens with one attached hydrogen (secondary N) is 1. The predicted molar refractivity (Wildman–Crippen MR) is 152 cm³/mol. The molecule has 0 atom stereocenters. The van der Waals surface area contributed by atoms with Gasteiger partial charge in [-0.05, 0) is 24.3 Å². The van der Waals surface area contributed by atoms with Gasteiger partial charge in [0.2, 0.25) is 11.8 Å². The van der Waals surface area contributed by atoms with Crippen molar-refractivity contribution in [1.29, 1.82) is 0 Å². The molecule has 0 unspecified atom stereocenters. The molecular formula is C25H27ClFN9O3S. The van der Waals surface area contributed by atoms with Gasteiger partial charge in [-0.1, -0.05) is 11.3 Å². The Labute approximate surface area is 237 Å². The fraction of sp³-hybridized carbons (Fsp3) is 0.360. The lowest BCUT2D eigenvalue weighted by Crippen LogP contribution is -2.50. The number of nitrogens with two attached hydrogens (primary N) is 1. The maximum Gasteiger partial charge on any atom is 0.309 e. The quantitative estimate of drug-likeness (QED) is 0.292. The Morgan fingerprint density at radius 2 is 1.95 bits per heavy atom. The lowest BCUT2D eigenvalue weighted by Gasteiger charge is -2.36. The molecule has 2 fully saturated rings. The van der Waals surface area contributed by atoms with E-state index in [-0.39, 0.29) is 35.1 Å². The molecule has 0 aliphatic carbocycles. The lowest BCUT2D eigenvalue weighted by atomic mass is 10.2. The van der Waals surface area contributed by atoms with Crippen molar-refractivity contribution in [3.63, 3.8) is 0 Å². The first-order valence-electron chi connectivity index (χ1n) is 12.8. The molecule has 210 valence electrons. The number of hydrogen-bond acceptors (Lipinski definition) is 11. The number of rotatable bonds is 7. The van der Waals surface area contributed by atoms with Gasteiger partial charge >= 0.3 is 4.87 Å². The summed E-state index contributed by atoms with van der Waals surface area (Å²) in [7, 11) is 0. The van der Waals surface area contributed by atoms with Gasteiger partial charge in [-0.25, -0.2) is 9.37 Å². The topological polar surface area (TPSA) is 132 Å². The van der Waals surface area contributed by atoms with Crippen LogP contribution < -0.4 is 25.6 Å². The molecule has 7 rings (SSSR count). The monoisotopic (exact) mass is 587 g/mol. The minimum atomic E-state index is -0.275. The SMILES string of the molecule is Cl.Nc1nc2c(sc(=O)n2CCN2CCN(c3ccc(OC4CNC4)cc3F)CC2)c2nc(-c3ccco3)nn12. The van der Waals surface area contributed by atoms with E-state index in [4.69, 9.17) is 14.9 Å². The van der Waals surface area contributed by atoms with Gasteiger partial charge < -0.3 is 25.1 Å². The van der Waals surface area contributed by atoms with E-state index < -0.39 is 0 Å². The van der Waals surface area contributed by atoms with Crippen molar-refractivity contribution in [2.45, 2.75) is 12.6 Å². The zero-order valence-electron chi connectivity index (χ0n) is 21.3. The number of nitrogens with zero attached hydrogens (tertiary/aromatic N) is 7. The van der Waals surface area contributed by atoms with Crippen molar-refractivity contribution in [3.05, 3.63) is 52.1 Å². The summed E-state index contributed by atoms with van der Waals surface area (Å²) < 4.78 is 29.7. The smallest absolute Gasteiger partial charge is 0.309 e. The van der Waals surface area contributed by atoms with E-state index in [2.05, 4.69) is 25.3 Å². The van der Waals surface area contributed by atoms with Crippen molar-refractivity contribution in [2.24, 2.45) is 0 Å². The molecule has 4 aromatic heterocycles. The van der Waals surface area contributed by atoms with Crippen LogP contribution in [-0.2, 0) is 6.54 Å². The minimum Gasteiger partial charge on any atom is -0.488 e. The van der Waals surface area contributed by atoms with E-state index in [1.807, 2.05) is 11.0 Å². The summed E-state index contributed by atoms with van der Waals surface area (Å²) in [4.78, 5) is 26.2. The van der Waals surface area contributed by atoms with Crippen molar-refractivity contribution < 1.29 is 13.5 Å². The molecular weight excluding hydrogens is 561 g/mol. The molecule has 15 heteroatoms. The molecule has 12 nitrogen and oxygen atoms in total. The van der Waals surface area contributed by atoms with Crippen LogP contribution in [0.4, 0.5) is 16.0 Å². The Hall–Kier alpha value is -3.72. The molecule has 2 saturated heterocycles. The number of benzene rings is 1. The van der Waals surface area contributed by atoms with Crippen LogP contribution in [0.5, 0.6) is 5.75 Å². The van der Waals surface area contributed by atoms with Crippen molar-refractivity contribution in [2.75, 3.05) is 56.4 Å². The molecule has 0 spiro atoms. The third kappa shape index (κ3) is 4.76. The van der Waals surface area contributed by atoms with Gasteiger partial charge in [0.15, 0.2) is 17.1 Å². The summed E-state index contributed by atoms with van der Waals surface area (Å²) >= 11 is 1.08. The fourth-order valence-corrected chi connectivity index (χ4v) is 5.88. The van der Waals surface area contributed by atoms with Crippen LogP contribution in [0, 0.1) is 5.82 Å². The molecule has 5 aromatic rings. The van der Waals surface area contributed by atoms with Crippen molar-refractivity contribution in [1.82, 2.24) is 34.4 Å². The summed E-state index contributed by atoms with van der Waals surface area (Å²) in [6, 6.07) is 8.61. The zero-order chi connectivity index (χ0) is 26.5. The Morgan fingerprint density at radius 1 is 1.12 bits per heavy atom. The molecule has 2 aliphatic heterocycles. The van der Waals surface area contributed by atoms with Gasteiger partial charge in [0, 0.05) is 58.4 Å². The number of fused-ring (bicyclic) bond motifs is 3. The number of furan rings is 1. The minimum absolute atomic E-state index is 0. The number of piperazine rings is 1. The molecule has 0 bridgehead atoms. The second-order valence-electron chi connectivity index (χ2n) is 9.63. The van der Waals surface area contributed by atoms with E-state index in [1.54, 1.807) is 29.0 Å². The number of anilines is 2. The number of hydrogen-bond donors (Lipinski definition) is 2. The second kappa shape index (κ2) is 10.7. The number of nitrogen functional groups attached to an aromatic ring is 1. The Balaban J connectivity index is 0.00000289. The highest BCUT2D eigenvalue weighted by molar-refractivity contribution is 7.17. The highest BCUT2D eigenvalue weighted by Crippen LogP contribution is 2.27. The first-order valence-corrected chi connectivity index (χ1v) is 13.6. The average Bonchev–Trinajstić information content (AvgIpc) is 3.65. The van der Waals surface area contributed by atoms with E-state index in [1.165, 1.54) is 10.6 Å². The standard InChI is InChI=1S/C25H26FN9O3S.ClH/c26-17-12-15(38-16-13-28-14-16)3-4-18(17)33-8-5-32(6-9-33)7-10-34-22-20(39-25(34)36)23-29-21(19-2-1-11-37-19)31-35(23)24(27)30-22;/h1-4,11-12,16,28H,5-10,13-14H2,(H2,27,30);1H.